The van der Waals surface area contributed by atoms with E-state index in [0.717, 1.165) is 0 Å². The zero-order valence-corrected chi connectivity index (χ0v) is 9.81. The molecule has 0 bridgehead atoms. The van der Waals surface area contributed by atoms with E-state index in [-0.39, 0.29) is 11.5 Å². The Balaban J connectivity index is 2.83. The van der Waals surface area contributed by atoms with Crippen molar-refractivity contribution in [1.29, 1.82) is 0 Å². The molecule has 17 heavy (non-hydrogen) atoms. The van der Waals surface area contributed by atoms with Crippen LogP contribution in [0, 0.1) is 0 Å². The highest BCUT2D eigenvalue weighted by Gasteiger charge is 2.14. The minimum atomic E-state index is -0.291. The first-order valence-corrected chi connectivity index (χ1v) is 5.27. The van der Waals surface area contributed by atoms with Gasteiger partial charge in [-0.1, -0.05) is 6.08 Å². The highest BCUT2D eigenvalue weighted by atomic mass is 16.5. The zero-order valence-electron chi connectivity index (χ0n) is 9.81. The molecule has 5 nitrogen and oxygen atoms in total. The molecule has 1 aromatic rings. The van der Waals surface area contributed by atoms with Crippen LogP contribution in [0.25, 0.3) is 0 Å². The summed E-state index contributed by atoms with van der Waals surface area (Å²) in [6.07, 6.45) is 3.10. The summed E-state index contributed by atoms with van der Waals surface area (Å²) in [4.78, 5) is 27.2. The summed E-state index contributed by atoms with van der Waals surface area (Å²) in [7, 11) is 1.57. The lowest BCUT2D eigenvalue weighted by Crippen LogP contribution is -2.34. The molecule has 0 spiro atoms. The lowest BCUT2D eigenvalue weighted by atomic mass is 10.2. The summed E-state index contributed by atoms with van der Waals surface area (Å²) in [6, 6.07) is 2.86. The van der Waals surface area contributed by atoms with E-state index in [1.165, 1.54) is 12.3 Å². The Morgan fingerprint density at radius 2 is 2.41 bits per heavy atom. The number of carbonyl (C=O) groups excluding carboxylic acids is 1. The summed E-state index contributed by atoms with van der Waals surface area (Å²) >= 11 is 0. The third kappa shape index (κ3) is 3.88. The summed E-state index contributed by atoms with van der Waals surface area (Å²) in [5.74, 6) is -0.201. The lowest BCUT2D eigenvalue weighted by molar-refractivity contribution is 0.0718. The van der Waals surface area contributed by atoms with Gasteiger partial charge in [0.1, 0.15) is 0 Å². The SMILES string of the molecule is C=CCN(CCOC)C(=O)c1cc[nH]c(=O)c1. The molecule has 0 atom stereocenters. The normalized spacial score (nSPS) is 9.94. The summed E-state index contributed by atoms with van der Waals surface area (Å²) in [5.41, 5.74) is 0.0767. The number of carbonyl (C=O) groups is 1. The molecule has 1 amide bonds. The molecule has 0 fully saturated rings. The molecule has 0 saturated carbocycles. The van der Waals surface area contributed by atoms with Gasteiger partial charge in [-0.05, 0) is 6.07 Å². The maximum Gasteiger partial charge on any atom is 0.254 e. The molecule has 0 aliphatic heterocycles. The standard InChI is InChI=1S/C12H16N2O3/c1-3-6-14(7-8-17-2)12(16)10-4-5-13-11(15)9-10/h3-5,9H,1,6-8H2,2H3,(H,13,15). The molecule has 1 aromatic heterocycles. The molecule has 1 heterocycles. The number of ether oxygens (including phenoxy) is 1. The molecule has 5 heteroatoms. The number of aromatic nitrogens is 1. The van der Waals surface area contributed by atoms with Crippen molar-refractivity contribution in [2.75, 3.05) is 26.8 Å². The Morgan fingerprint density at radius 3 is 3.00 bits per heavy atom. The number of H-pyrrole nitrogens is 1. The molecule has 0 unspecified atom stereocenters. The second-order valence-corrected chi connectivity index (χ2v) is 3.47. The topological polar surface area (TPSA) is 62.4 Å². The van der Waals surface area contributed by atoms with E-state index >= 15 is 0 Å². The number of hydrogen-bond acceptors (Lipinski definition) is 3. The number of rotatable bonds is 6. The molecule has 0 saturated heterocycles. The smallest absolute Gasteiger partial charge is 0.254 e. The van der Waals surface area contributed by atoms with Gasteiger partial charge < -0.3 is 14.6 Å². The molecular weight excluding hydrogens is 220 g/mol. The average Bonchev–Trinajstić information content (AvgIpc) is 2.33. The highest BCUT2D eigenvalue weighted by Crippen LogP contribution is 2.01. The maximum atomic E-state index is 12.1. The van der Waals surface area contributed by atoms with Crippen LogP contribution in [-0.2, 0) is 4.74 Å². The molecule has 0 aromatic carbocycles. The van der Waals surface area contributed by atoms with Crippen LogP contribution in [0.4, 0.5) is 0 Å². The predicted octanol–water partition coefficient (Wildman–Crippen LogP) is 0.649. The minimum Gasteiger partial charge on any atom is -0.383 e. The van der Waals surface area contributed by atoms with E-state index in [0.29, 0.717) is 25.3 Å². The van der Waals surface area contributed by atoms with Crippen LogP contribution in [0.1, 0.15) is 10.4 Å². The quantitative estimate of drug-likeness (QED) is 0.738. The molecule has 0 radical (unpaired) electrons. The van der Waals surface area contributed by atoms with E-state index in [2.05, 4.69) is 11.6 Å². The Bertz CT molecular complexity index is 439. The number of hydrogen-bond donors (Lipinski definition) is 1. The number of amides is 1. The van der Waals surface area contributed by atoms with Gasteiger partial charge in [-0.3, -0.25) is 9.59 Å². The van der Waals surface area contributed by atoms with Gasteiger partial charge in [-0.2, -0.15) is 0 Å². The van der Waals surface area contributed by atoms with Crippen molar-refractivity contribution in [3.8, 4) is 0 Å². The van der Waals surface area contributed by atoms with Crippen molar-refractivity contribution < 1.29 is 9.53 Å². The van der Waals surface area contributed by atoms with E-state index in [9.17, 15) is 9.59 Å². The summed E-state index contributed by atoms with van der Waals surface area (Å²) < 4.78 is 4.93. The minimum absolute atomic E-state index is 0.201. The van der Waals surface area contributed by atoms with Crippen molar-refractivity contribution >= 4 is 5.91 Å². The first-order chi connectivity index (χ1) is 8.19. The highest BCUT2D eigenvalue weighted by molar-refractivity contribution is 5.94. The largest absolute Gasteiger partial charge is 0.383 e. The zero-order chi connectivity index (χ0) is 12.7. The Kier molecular flexibility index (Phi) is 5.16. The third-order valence-electron chi connectivity index (χ3n) is 2.22. The Labute approximate surface area is 99.7 Å². The van der Waals surface area contributed by atoms with Gasteiger partial charge in [0, 0.05) is 38.0 Å². The molecule has 1 N–H and O–H groups in total. The van der Waals surface area contributed by atoms with Gasteiger partial charge in [0.05, 0.1) is 6.61 Å². The predicted molar refractivity (Wildman–Crippen MR) is 65.0 cm³/mol. The van der Waals surface area contributed by atoms with Crippen LogP contribution in [0.3, 0.4) is 0 Å². The van der Waals surface area contributed by atoms with Crippen LogP contribution in [-0.4, -0.2) is 42.6 Å². The number of nitrogens with one attached hydrogen (secondary N) is 1. The molecule has 92 valence electrons. The van der Waals surface area contributed by atoms with Gasteiger partial charge in [-0.25, -0.2) is 0 Å². The van der Waals surface area contributed by atoms with Crippen molar-refractivity contribution in [3.05, 3.63) is 46.9 Å². The molecular formula is C12H16N2O3. The van der Waals surface area contributed by atoms with E-state index < -0.39 is 0 Å². The van der Waals surface area contributed by atoms with Crippen LogP contribution in [0.2, 0.25) is 0 Å². The van der Waals surface area contributed by atoms with E-state index in [1.807, 2.05) is 0 Å². The number of methoxy groups -OCH3 is 1. The lowest BCUT2D eigenvalue weighted by Gasteiger charge is -2.20. The Hall–Kier alpha value is -1.88. The average molecular weight is 236 g/mol. The molecule has 0 aliphatic carbocycles. The van der Waals surface area contributed by atoms with Crippen LogP contribution < -0.4 is 5.56 Å². The van der Waals surface area contributed by atoms with Crippen molar-refractivity contribution in [3.63, 3.8) is 0 Å². The second-order valence-electron chi connectivity index (χ2n) is 3.47. The number of nitrogens with zero attached hydrogens (tertiary/aromatic N) is 1. The number of pyridine rings is 1. The first kappa shape index (κ1) is 13.2. The summed E-state index contributed by atoms with van der Waals surface area (Å²) in [6.45, 7) is 4.94. The molecule has 1 rings (SSSR count). The van der Waals surface area contributed by atoms with Crippen molar-refractivity contribution in [2.24, 2.45) is 0 Å². The van der Waals surface area contributed by atoms with Crippen LogP contribution in [0.5, 0.6) is 0 Å². The van der Waals surface area contributed by atoms with Gasteiger partial charge in [0.15, 0.2) is 0 Å². The molecule has 0 aliphatic rings. The Morgan fingerprint density at radius 1 is 1.65 bits per heavy atom. The van der Waals surface area contributed by atoms with Gasteiger partial charge in [0.2, 0.25) is 5.56 Å². The van der Waals surface area contributed by atoms with Crippen LogP contribution in [0.15, 0.2) is 35.8 Å². The maximum absolute atomic E-state index is 12.1. The fraction of sp³-hybridized carbons (Fsp3) is 0.333. The van der Waals surface area contributed by atoms with Crippen molar-refractivity contribution in [2.45, 2.75) is 0 Å². The fourth-order valence-electron chi connectivity index (χ4n) is 1.39. The van der Waals surface area contributed by atoms with E-state index in [4.69, 9.17) is 4.74 Å². The summed E-state index contributed by atoms with van der Waals surface area (Å²) in [5, 5.41) is 0. The monoisotopic (exact) mass is 236 g/mol. The van der Waals surface area contributed by atoms with Gasteiger partial charge in [0.25, 0.3) is 5.91 Å². The van der Waals surface area contributed by atoms with Gasteiger partial charge in [-0.15, -0.1) is 6.58 Å². The van der Waals surface area contributed by atoms with Crippen LogP contribution >= 0.6 is 0 Å². The first-order valence-electron chi connectivity index (χ1n) is 5.27. The van der Waals surface area contributed by atoms with Crippen molar-refractivity contribution in [1.82, 2.24) is 9.88 Å². The second kappa shape index (κ2) is 6.65. The van der Waals surface area contributed by atoms with E-state index in [1.54, 1.807) is 24.2 Å². The third-order valence-corrected chi connectivity index (χ3v) is 2.22. The fourth-order valence-corrected chi connectivity index (χ4v) is 1.39. The van der Waals surface area contributed by atoms with Gasteiger partial charge >= 0.3 is 0 Å². The number of aromatic amines is 1.